The summed E-state index contributed by atoms with van der Waals surface area (Å²) < 4.78 is 0. The fourth-order valence-corrected chi connectivity index (χ4v) is 2.26. The minimum Gasteiger partial charge on any atom is -0.273 e. The highest BCUT2D eigenvalue weighted by molar-refractivity contribution is 5.85. The zero-order chi connectivity index (χ0) is 13.8. The van der Waals surface area contributed by atoms with Crippen molar-refractivity contribution in [2.75, 3.05) is 0 Å². The summed E-state index contributed by atoms with van der Waals surface area (Å²) in [7, 11) is 0. The Kier molecular flexibility index (Phi) is 3.54. The summed E-state index contributed by atoms with van der Waals surface area (Å²) in [6, 6.07) is 13.8. The number of hydrazone groups is 1. The maximum absolute atomic E-state index is 11.9. The third kappa shape index (κ3) is 2.91. The Morgan fingerprint density at radius 2 is 1.95 bits per heavy atom. The number of hydrogen-bond donors (Lipinski definition) is 1. The Hall–Kier alpha value is -2.49. The van der Waals surface area contributed by atoms with E-state index in [-0.39, 0.29) is 11.8 Å². The second kappa shape index (κ2) is 5.65. The van der Waals surface area contributed by atoms with Crippen molar-refractivity contribution in [3.63, 3.8) is 0 Å². The average molecular weight is 265 g/mol. The SMILES string of the molecule is O=C(N/N=C\c1ccncc1)[C@H]1C[C@@H]1c1ccccc1. The smallest absolute Gasteiger partial charge is 0.243 e. The molecule has 0 aliphatic heterocycles. The van der Waals surface area contributed by atoms with E-state index < -0.39 is 0 Å². The molecule has 1 N–H and O–H groups in total. The van der Waals surface area contributed by atoms with Gasteiger partial charge in [-0.3, -0.25) is 9.78 Å². The molecule has 0 spiro atoms. The third-order valence-electron chi connectivity index (χ3n) is 3.45. The minimum atomic E-state index is -0.0100. The van der Waals surface area contributed by atoms with E-state index >= 15 is 0 Å². The molecule has 0 saturated heterocycles. The van der Waals surface area contributed by atoms with Gasteiger partial charge in [0.2, 0.25) is 5.91 Å². The molecule has 1 aromatic heterocycles. The van der Waals surface area contributed by atoms with Crippen molar-refractivity contribution < 1.29 is 4.79 Å². The van der Waals surface area contributed by atoms with Crippen molar-refractivity contribution in [3.05, 3.63) is 66.0 Å². The number of nitrogens with zero attached hydrogens (tertiary/aromatic N) is 2. The molecule has 0 radical (unpaired) electrons. The Bertz CT molecular complexity index is 610. The van der Waals surface area contributed by atoms with Crippen LogP contribution in [0.25, 0.3) is 0 Å². The first kappa shape index (κ1) is 12.5. The van der Waals surface area contributed by atoms with Crippen molar-refractivity contribution in [2.24, 2.45) is 11.0 Å². The van der Waals surface area contributed by atoms with Crippen LogP contribution in [-0.2, 0) is 4.79 Å². The fraction of sp³-hybridized carbons (Fsp3) is 0.188. The topological polar surface area (TPSA) is 54.4 Å². The summed E-state index contributed by atoms with van der Waals surface area (Å²) in [5.41, 5.74) is 4.74. The predicted octanol–water partition coefficient (Wildman–Crippen LogP) is 2.34. The second-order valence-corrected chi connectivity index (χ2v) is 4.87. The van der Waals surface area contributed by atoms with Gasteiger partial charge in [-0.25, -0.2) is 5.43 Å². The molecule has 0 bridgehead atoms. The predicted molar refractivity (Wildman–Crippen MR) is 77.3 cm³/mol. The zero-order valence-electron chi connectivity index (χ0n) is 10.9. The molecule has 0 unspecified atom stereocenters. The van der Waals surface area contributed by atoms with Gasteiger partial charge in [0, 0.05) is 18.3 Å². The van der Waals surface area contributed by atoms with Crippen LogP contribution in [0.15, 0.2) is 60.0 Å². The van der Waals surface area contributed by atoms with Crippen LogP contribution in [0.1, 0.15) is 23.5 Å². The molecule has 2 aromatic rings. The average Bonchev–Trinajstić information content (AvgIpc) is 3.30. The summed E-state index contributed by atoms with van der Waals surface area (Å²) in [5.74, 6) is 0.378. The molecule has 1 amide bonds. The van der Waals surface area contributed by atoms with Crippen LogP contribution in [0.2, 0.25) is 0 Å². The van der Waals surface area contributed by atoms with Gasteiger partial charge in [0.15, 0.2) is 0 Å². The van der Waals surface area contributed by atoms with E-state index in [2.05, 4.69) is 27.6 Å². The zero-order valence-corrected chi connectivity index (χ0v) is 10.9. The molecule has 4 nitrogen and oxygen atoms in total. The van der Waals surface area contributed by atoms with E-state index in [1.54, 1.807) is 18.6 Å². The molecule has 3 rings (SSSR count). The Balaban J connectivity index is 1.53. The number of carbonyl (C=O) groups is 1. The van der Waals surface area contributed by atoms with E-state index in [1.165, 1.54) is 5.56 Å². The molecule has 4 heteroatoms. The van der Waals surface area contributed by atoms with E-state index in [0.29, 0.717) is 5.92 Å². The Morgan fingerprint density at radius 3 is 2.70 bits per heavy atom. The fourth-order valence-electron chi connectivity index (χ4n) is 2.26. The van der Waals surface area contributed by atoms with Crippen LogP contribution >= 0.6 is 0 Å². The maximum Gasteiger partial charge on any atom is 0.243 e. The monoisotopic (exact) mass is 265 g/mol. The van der Waals surface area contributed by atoms with Crippen LogP contribution < -0.4 is 5.43 Å². The van der Waals surface area contributed by atoms with Gasteiger partial charge >= 0.3 is 0 Å². The molecule has 2 atom stereocenters. The third-order valence-corrected chi connectivity index (χ3v) is 3.45. The van der Waals surface area contributed by atoms with Crippen molar-refractivity contribution in [2.45, 2.75) is 12.3 Å². The summed E-state index contributed by atoms with van der Waals surface area (Å²) in [6.07, 6.45) is 5.91. The number of amides is 1. The van der Waals surface area contributed by atoms with Gasteiger partial charge in [-0.05, 0) is 35.6 Å². The minimum absolute atomic E-state index is 0.0100. The maximum atomic E-state index is 11.9. The molecule has 20 heavy (non-hydrogen) atoms. The number of rotatable bonds is 4. The van der Waals surface area contributed by atoms with E-state index in [4.69, 9.17) is 0 Å². The van der Waals surface area contributed by atoms with Gasteiger partial charge in [0.25, 0.3) is 0 Å². The van der Waals surface area contributed by atoms with Crippen molar-refractivity contribution in [3.8, 4) is 0 Å². The number of benzene rings is 1. The normalized spacial score (nSPS) is 20.8. The molecule has 1 saturated carbocycles. The number of nitrogens with one attached hydrogen (secondary N) is 1. The molecule has 100 valence electrons. The van der Waals surface area contributed by atoms with Gasteiger partial charge in [0.05, 0.1) is 6.21 Å². The van der Waals surface area contributed by atoms with E-state index in [9.17, 15) is 4.79 Å². The molecular weight excluding hydrogens is 250 g/mol. The summed E-state index contributed by atoms with van der Waals surface area (Å²) >= 11 is 0. The van der Waals surface area contributed by atoms with Crippen LogP contribution in [0.5, 0.6) is 0 Å². The van der Waals surface area contributed by atoms with Crippen LogP contribution in [0.4, 0.5) is 0 Å². The first-order valence-corrected chi connectivity index (χ1v) is 6.62. The quantitative estimate of drug-likeness (QED) is 0.681. The molecular formula is C16H15N3O. The van der Waals surface area contributed by atoms with Crippen LogP contribution in [-0.4, -0.2) is 17.1 Å². The van der Waals surface area contributed by atoms with Crippen LogP contribution in [0.3, 0.4) is 0 Å². The number of carbonyl (C=O) groups excluding carboxylic acids is 1. The van der Waals surface area contributed by atoms with Gasteiger partial charge in [-0.15, -0.1) is 0 Å². The van der Waals surface area contributed by atoms with E-state index in [0.717, 1.165) is 12.0 Å². The summed E-state index contributed by atoms with van der Waals surface area (Å²) in [5, 5.41) is 3.98. The largest absolute Gasteiger partial charge is 0.273 e. The number of aromatic nitrogens is 1. The standard InChI is InChI=1S/C16H15N3O/c20-16(19-18-11-12-6-8-17-9-7-12)15-10-14(15)13-4-2-1-3-5-13/h1-9,11,14-15H,10H2,(H,19,20)/b18-11-/t14-,15+/m1/s1. The molecule has 1 aliphatic carbocycles. The lowest BCUT2D eigenvalue weighted by atomic mass is 10.1. The van der Waals surface area contributed by atoms with Gasteiger partial charge in [-0.2, -0.15) is 5.10 Å². The second-order valence-electron chi connectivity index (χ2n) is 4.87. The van der Waals surface area contributed by atoms with Crippen LogP contribution in [0, 0.1) is 5.92 Å². The van der Waals surface area contributed by atoms with Crippen molar-refractivity contribution in [1.82, 2.24) is 10.4 Å². The van der Waals surface area contributed by atoms with Gasteiger partial charge in [0.1, 0.15) is 0 Å². The summed E-state index contributed by atoms with van der Waals surface area (Å²) in [4.78, 5) is 15.9. The lowest BCUT2D eigenvalue weighted by Crippen LogP contribution is -2.20. The van der Waals surface area contributed by atoms with Gasteiger partial charge in [-0.1, -0.05) is 30.3 Å². The molecule has 1 aliphatic rings. The lowest BCUT2D eigenvalue weighted by Gasteiger charge is -1.99. The molecule has 1 heterocycles. The first-order chi connectivity index (χ1) is 9.84. The summed E-state index contributed by atoms with van der Waals surface area (Å²) in [6.45, 7) is 0. The van der Waals surface area contributed by atoms with Crippen molar-refractivity contribution in [1.29, 1.82) is 0 Å². The molecule has 1 fully saturated rings. The van der Waals surface area contributed by atoms with Crippen molar-refractivity contribution >= 4 is 12.1 Å². The Labute approximate surface area is 117 Å². The lowest BCUT2D eigenvalue weighted by molar-refractivity contribution is -0.122. The Morgan fingerprint density at radius 1 is 1.20 bits per heavy atom. The highest BCUT2D eigenvalue weighted by atomic mass is 16.2. The highest BCUT2D eigenvalue weighted by Crippen LogP contribution is 2.47. The first-order valence-electron chi connectivity index (χ1n) is 6.62. The number of pyridine rings is 1. The number of hydrogen-bond acceptors (Lipinski definition) is 3. The highest BCUT2D eigenvalue weighted by Gasteiger charge is 2.43. The van der Waals surface area contributed by atoms with Gasteiger partial charge < -0.3 is 0 Å². The molecule has 1 aromatic carbocycles. The van der Waals surface area contributed by atoms with E-state index in [1.807, 2.05) is 30.3 Å².